The SMILES string of the molecule is CC[C@@H](C)NC(=O)NC(=O)C[NH+](C)CC(=O)Nc1ccc(F)cc1. The Hall–Kier alpha value is -2.48. The second-order valence-corrected chi connectivity index (χ2v) is 5.70. The molecule has 0 saturated heterocycles. The first-order valence-electron chi connectivity index (χ1n) is 7.77. The fraction of sp³-hybridized carbons (Fsp3) is 0.438. The number of urea groups is 1. The number of halogens is 1. The molecule has 0 radical (unpaired) electrons. The van der Waals surface area contributed by atoms with E-state index in [-0.39, 0.29) is 30.9 Å². The Balaban J connectivity index is 2.35. The molecule has 0 aromatic heterocycles. The zero-order valence-corrected chi connectivity index (χ0v) is 14.1. The van der Waals surface area contributed by atoms with Gasteiger partial charge in [-0.1, -0.05) is 6.92 Å². The van der Waals surface area contributed by atoms with Crippen LogP contribution < -0.4 is 20.9 Å². The van der Waals surface area contributed by atoms with Gasteiger partial charge in [0.05, 0.1) is 7.05 Å². The molecule has 0 heterocycles. The van der Waals surface area contributed by atoms with Crippen molar-refractivity contribution in [1.29, 1.82) is 0 Å². The van der Waals surface area contributed by atoms with Crippen LogP contribution in [0.1, 0.15) is 20.3 Å². The molecular formula is C16H24FN4O3+. The van der Waals surface area contributed by atoms with Crippen molar-refractivity contribution in [2.24, 2.45) is 0 Å². The molecule has 4 N–H and O–H groups in total. The number of imide groups is 1. The highest BCUT2D eigenvalue weighted by Gasteiger charge is 2.16. The predicted molar refractivity (Wildman–Crippen MR) is 88.1 cm³/mol. The number of quaternary nitrogens is 1. The summed E-state index contributed by atoms with van der Waals surface area (Å²) in [5.41, 5.74) is 0.478. The fourth-order valence-electron chi connectivity index (χ4n) is 1.88. The molecule has 1 aromatic rings. The van der Waals surface area contributed by atoms with Crippen molar-refractivity contribution in [1.82, 2.24) is 10.6 Å². The molecule has 0 aliphatic carbocycles. The minimum atomic E-state index is -0.544. The summed E-state index contributed by atoms with van der Waals surface area (Å²) in [6.45, 7) is 3.77. The van der Waals surface area contributed by atoms with E-state index in [1.54, 1.807) is 7.05 Å². The van der Waals surface area contributed by atoms with Crippen LogP contribution in [0.2, 0.25) is 0 Å². The minimum Gasteiger partial charge on any atom is -0.335 e. The molecule has 132 valence electrons. The van der Waals surface area contributed by atoms with Gasteiger partial charge in [-0.3, -0.25) is 14.9 Å². The van der Waals surface area contributed by atoms with Gasteiger partial charge in [0.25, 0.3) is 11.8 Å². The lowest BCUT2D eigenvalue weighted by molar-refractivity contribution is -0.862. The number of likely N-dealkylation sites (N-methyl/N-ethyl adjacent to an activating group) is 1. The van der Waals surface area contributed by atoms with Gasteiger partial charge in [-0.15, -0.1) is 0 Å². The molecule has 0 spiro atoms. The van der Waals surface area contributed by atoms with Gasteiger partial charge in [-0.25, -0.2) is 9.18 Å². The van der Waals surface area contributed by atoms with Gasteiger partial charge in [-0.2, -0.15) is 0 Å². The number of anilines is 1. The van der Waals surface area contributed by atoms with Gasteiger partial charge >= 0.3 is 6.03 Å². The predicted octanol–water partition coefficient (Wildman–Crippen LogP) is -0.0968. The van der Waals surface area contributed by atoms with Crippen molar-refractivity contribution in [3.63, 3.8) is 0 Å². The Morgan fingerprint density at radius 1 is 1.12 bits per heavy atom. The Kier molecular flexibility index (Phi) is 7.84. The molecule has 8 heteroatoms. The van der Waals surface area contributed by atoms with Gasteiger partial charge in [-0.05, 0) is 37.6 Å². The van der Waals surface area contributed by atoms with Crippen LogP contribution in [0.4, 0.5) is 14.9 Å². The molecule has 0 aliphatic heterocycles. The molecule has 1 unspecified atom stereocenters. The molecule has 0 fully saturated rings. The molecule has 0 aliphatic rings. The summed E-state index contributed by atoms with van der Waals surface area (Å²) >= 11 is 0. The monoisotopic (exact) mass is 339 g/mol. The highest BCUT2D eigenvalue weighted by Crippen LogP contribution is 2.07. The van der Waals surface area contributed by atoms with Crippen molar-refractivity contribution in [2.75, 3.05) is 25.5 Å². The zero-order valence-electron chi connectivity index (χ0n) is 14.1. The maximum absolute atomic E-state index is 12.8. The van der Waals surface area contributed by atoms with Crippen molar-refractivity contribution in [3.8, 4) is 0 Å². The van der Waals surface area contributed by atoms with Gasteiger partial charge in [0.15, 0.2) is 13.1 Å². The second-order valence-electron chi connectivity index (χ2n) is 5.70. The van der Waals surface area contributed by atoms with Crippen LogP contribution in [-0.2, 0) is 9.59 Å². The van der Waals surface area contributed by atoms with Gasteiger partial charge in [0.2, 0.25) is 0 Å². The third kappa shape index (κ3) is 7.68. The Bertz CT molecular complexity index is 577. The Labute approximate surface area is 140 Å². The molecular weight excluding hydrogens is 315 g/mol. The van der Waals surface area contributed by atoms with Crippen LogP contribution in [0.3, 0.4) is 0 Å². The molecule has 1 rings (SSSR count). The van der Waals surface area contributed by atoms with Crippen molar-refractivity contribution in [2.45, 2.75) is 26.3 Å². The molecule has 24 heavy (non-hydrogen) atoms. The first-order chi connectivity index (χ1) is 11.3. The number of hydrogen-bond acceptors (Lipinski definition) is 3. The Morgan fingerprint density at radius 3 is 2.29 bits per heavy atom. The highest BCUT2D eigenvalue weighted by atomic mass is 19.1. The number of rotatable bonds is 7. The second kappa shape index (κ2) is 9.61. The highest BCUT2D eigenvalue weighted by molar-refractivity contribution is 5.95. The number of hydrogen-bond donors (Lipinski definition) is 4. The average Bonchev–Trinajstić information content (AvgIpc) is 2.48. The van der Waals surface area contributed by atoms with Crippen LogP contribution in [0, 0.1) is 5.82 Å². The van der Waals surface area contributed by atoms with Gasteiger partial charge < -0.3 is 15.5 Å². The van der Waals surface area contributed by atoms with Crippen LogP contribution in [0.15, 0.2) is 24.3 Å². The van der Waals surface area contributed by atoms with Gasteiger partial charge in [0, 0.05) is 11.7 Å². The zero-order chi connectivity index (χ0) is 18.1. The van der Waals surface area contributed by atoms with E-state index in [0.717, 1.165) is 6.42 Å². The van der Waals surface area contributed by atoms with Crippen LogP contribution >= 0.6 is 0 Å². The number of amides is 4. The fourth-order valence-corrected chi connectivity index (χ4v) is 1.88. The van der Waals surface area contributed by atoms with E-state index in [2.05, 4.69) is 16.0 Å². The molecule has 0 bridgehead atoms. The lowest BCUT2D eigenvalue weighted by Crippen LogP contribution is -3.11. The van der Waals surface area contributed by atoms with Crippen LogP contribution in [0.5, 0.6) is 0 Å². The Morgan fingerprint density at radius 2 is 1.71 bits per heavy atom. The molecule has 2 atom stereocenters. The summed E-state index contributed by atoms with van der Waals surface area (Å²) in [6.07, 6.45) is 0.760. The number of carbonyl (C=O) groups excluding carboxylic acids is 3. The first kappa shape index (κ1) is 19.6. The first-order valence-corrected chi connectivity index (χ1v) is 7.77. The lowest BCUT2D eigenvalue weighted by Gasteiger charge is -2.15. The maximum Gasteiger partial charge on any atom is 0.321 e. The van der Waals surface area contributed by atoms with Crippen molar-refractivity contribution < 1.29 is 23.7 Å². The van der Waals surface area contributed by atoms with E-state index in [0.29, 0.717) is 10.6 Å². The average molecular weight is 339 g/mol. The van der Waals surface area contributed by atoms with E-state index < -0.39 is 11.9 Å². The summed E-state index contributed by atoms with van der Waals surface area (Å²) in [5, 5.41) is 7.45. The van der Waals surface area contributed by atoms with Crippen LogP contribution in [-0.4, -0.2) is 44.0 Å². The normalized spacial score (nSPS) is 12.8. The summed E-state index contributed by atoms with van der Waals surface area (Å²) in [7, 11) is 1.66. The van der Waals surface area contributed by atoms with Gasteiger partial charge in [0.1, 0.15) is 5.82 Å². The summed E-state index contributed by atoms with van der Waals surface area (Å²) in [5.74, 6) is -1.16. The van der Waals surface area contributed by atoms with E-state index in [1.807, 2.05) is 13.8 Å². The molecule has 0 saturated carbocycles. The molecule has 4 amide bonds. The number of benzene rings is 1. The minimum absolute atomic E-state index is 0.0231. The maximum atomic E-state index is 12.8. The third-order valence-corrected chi connectivity index (χ3v) is 3.30. The summed E-state index contributed by atoms with van der Waals surface area (Å²) in [4.78, 5) is 35.8. The van der Waals surface area contributed by atoms with E-state index in [9.17, 15) is 18.8 Å². The summed E-state index contributed by atoms with van der Waals surface area (Å²) < 4.78 is 12.8. The third-order valence-electron chi connectivity index (χ3n) is 3.30. The summed E-state index contributed by atoms with van der Waals surface area (Å²) in [6, 6.07) is 4.83. The van der Waals surface area contributed by atoms with Crippen molar-refractivity contribution >= 4 is 23.5 Å². The number of carbonyl (C=O) groups is 3. The molecule has 7 nitrogen and oxygen atoms in total. The topological polar surface area (TPSA) is 91.7 Å². The van der Waals surface area contributed by atoms with E-state index >= 15 is 0 Å². The quantitative estimate of drug-likeness (QED) is 0.559. The standard InChI is InChI=1S/C16H23FN4O3/c1-4-11(2)18-16(24)20-15(23)10-21(3)9-14(22)19-13-7-5-12(17)6-8-13/h5-8,11H,4,9-10H2,1-3H3,(H,19,22)(H2,18,20,23,24)/p+1/t11-/m1/s1. The van der Waals surface area contributed by atoms with E-state index in [1.165, 1.54) is 24.3 Å². The van der Waals surface area contributed by atoms with Crippen molar-refractivity contribution in [3.05, 3.63) is 30.1 Å². The largest absolute Gasteiger partial charge is 0.335 e. The molecule has 1 aromatic carbocycles. The lowest BCUT2D eigenvalue weighted by atomic mass is 10.3. The van der Waals surface area contributed by atoms with Crippen LogP contribution in [0.25, 0.3) is 0 Å². The van der Waals surface area contributed by atoms with E-state index in [4.69, 9.17) is 0 Å². The smallest absolute Gasteiger partial charge is 0.321 e. The number of nitrogens with one attached hydrogen (secondary N) is 4.